The number of hydrogen-bond donors (Lipinski definition) is 3. The summed E-state index contributed by atoms with van der Waals surface area (Å²) < 4.78 is 0. The Morgan fingerprint density at radius 1 is 1.50 bits per heavy atom. The number of rotatable bonds is 2. The summed E-state index contributed by atoms with van der Waals surface area (Å²) in [6.07, 6.45) is 0. The number of carbonyl (C=O) groups is 1. The highest BCUT2D eigenvalue weighted by Crippen LogP contribution is 2.23. The van der Waals surface area contributed by atoms with E-state index in [-0.39, 0.29) is 11.3 Å². The van der Waals surface area contributed by atoms with Crippen molar-refractivity contribution in [3.8, 4) is 0 Å². The van der Waals surface area contributed by atoms with Crippen molar-refractivity contribution >= 4 is 28.7 Å². The summed E-state index contributed by atoms with van der Waals surface area (Å²) in [6, 6.07) is 3.55. The molecule has 0 aliphatic carbocycles. The van der Waals surface area contributed by atoms with E-state index in [1.165, 1.54) is 11.3 Å². The van der Waals surface area contributed by atoms with Gasteiger partial charge in [0.25, 0.3) is 5.91 Å². The maximum Gasteiger partial charge on any atom is 0.269 e. The van der Waals surface area contributed by atoms with Gasteiger partial charge in [-0.25, -0.2) is 0 Å². The first-order valence-electron chi connectivity index (χ1n) is 5.58. The number of anilines is 2. The van der Waals surface area contributed by atoms with Crippen LogP contribution in [0.25, 0.3) is 0 Å². The molecule has 6 heteroatoms. The maximum atomic E-state index is 11.9. The molecule has 5 nitrogen and oxygen atoms in total. The van der Waals surface area contributed by atoms with E-state index in [1.807, 2.05) is 6.07 Å². The number of thiophene rings is 1. The number of nitrogen functional groups attached to an aromatic ring is 1. The Morgan fingerprint density at radius 3 is 2.72 bits per heavy atom. The summed E-state index contributed by atoms with van der Waals surface area (Å²) in [5.41, 5.74) is 7.12. The van der Waals surface area contributed by atoms with Crippen LogP contribution in [-0.4, -0.2) is 16.1 Å². The molecule has 2 heterocycles. The van der Waals surface area contributed by atoms with E-state index in [0.717, 1.165) is 5.69 Å². The van der Waals surface area contributed by atoms with Crippen LogP contribution in [0.5, 0.6) is 0 Å². The van der Waals surface area contributed by atoms with E-state index in [2.05, 4.69) is 36.3 Å². The van der Waals surface area contributed by atoms with Crippen LogP contribution in [0.1, 0.15) is 36.1 Å². The molecule has 18 heavy (non-hydrogen) atoms. The van der Waals surface area contributed by atoms with Crippen molar-refractivity contribution in [2.24, 2.45) is 0 Å². The predicted molar refractivity (Wildman–Crippen MR) is 74.0 cm³/mol. The Hall–Kier alpha value is -1.82. The second-order valence-electron chi connectivity index (χ2n) is 5.08. The van der Waals surface area contributed by atoms with Gasteiger partial charge in [0.2, 0.25) is 0 Å². The first-order chi connectivity index (χ1) is 8.38. The number of amides is 1. The van der Waals surface area contributed by atoms with Gasteiger partial charge in [0.1, 0.15) is 4.88 Å². The summed E-state index contributed by atoms with van der Waals surface area (Å²) in [6.45, 7) is 6.22. The Balaban J connectivity index is 2.13. The average Bonchev–Trinajstić information content (AvgIpc) is 2.85. The zero-order valence-electron chi connectivity index (χ0n) is 10.6. The third kappa shape index (κ3) is 2.53. The molecule has 0 radical (unpaired) electrons. The number of hydrogen-bond acceptors (Lipinski definition) is 4. The molecule has 0 aliphatic heterocycles. The molecule has 0 saturated heterocycles. The number of carbonyl (C=O) groups excluding carboxylic acids is 1. The molecule has 0 spiro atoms. The zero-order chi connectivity index (χ0) is 13.3. The topological polar surface area (TPSA) is 83.8 Å². The highest BCUT2D eigenvalue weighted by Gasteiger charge is 2.18. The van der Waals surface area contributed by atoms with Gasteiger partial charge in [-0.3, -0.25) is 9.89 Å². The molecule has 1 amide bonds. The smallest absolute Gasteiger partial charge is 0.269 e. The van der Waals surface area contributed by atoms with E-state index < -0.39 is 0 Å². The molecular formula is C12H16N4OS. The van der Waals surface area contributed by atoms with Crippen LogP contribution in [-0.2, 0) is 5.41 Å². The van der Waals surface area contributed by atoms with Crippen LogP contribution in [0.3, 0.4) is 0 Å². The van der Waals surface area contributed by atoms with E-state index in [1.54, 1.807) is 11.4 Å². The van der Waals surface area contributed by atoms with Gasteiger partial charge in [-0.05, 0) is 11.4 Å². The predicted octanol–water partition coefficient (Wildman–Crippen LogP) is 2.60. The fourth-order valence-corrected chi connectivity index (χ4v) is 2.16. The van der Waals surface area contributed by atoms with Crippen molar-refractivity contribution in [2.75, 3.05) is 11.1 Å². The largest absolute Gasteiger partial charge is 0.397 e. The third-order valence-corrected chi connectivity index (χ3v) is 3.46. The molecule has 2 aromatic rings. The Bertz CT molecular complexity index is 565. The summed E-state index contributed by atoms with van der Waals surface area (Å²) in [5.74, 6) is 0.284. The maximum absolute atomic E-state index is 11.9. The minimum atomic E-state index is -0.227. The normalized spacial score (nSPS) is 11.5. The van der Waals surface area contributed by atoms with Gasteiger partial charge in [0.15, 0.2) is 5.82 Å². The van der Waals surface area contributed by atoms with E-state index in [4.69, 9.17) is 5.73 Å². The monoisotopic (exact) mass is 264 g/mol. The van der Waals surface area contributed by atoms with Crippen LogP contribution in [0.4, 0.5) is 11.5 Å². The lowest BCUT2D eigenvalue weighted by Crippen LogP contribution is -2.12. The van der Waals surface area contributed by atoms with Crippen molar-refractivity contribution in [3.05, 3.63) is 28.1 Å². The zero-order valence-corrected chi connectivity index (χ0v) is 11.4. The average molecular weight is 264 g/mol. The quantitative estimate of drug-likeness (QED) is 0.779. The number of nitrogens with one attached hydrogen (secondary N) is 2. The SMILES string of the molecule is CC(C)(C)c1cc(NC(=O)c2sccc2N)n[nH]1. The van der Waals surface area contributed by atoms with Crippen molar-refractivity contribution in [2.45, 2.75) is 26.2 Å². The first-order valence-corrected chi connectivity index (χ1v) is 6.46. The second kappa shape index (κ2) is 4.45. The fourth-order valence-electron chi connectivity index (χ4n) is 1.45. The van der Waals surface area contributed by atoms with E-state index in [0.29, 0.717) is 16.4 Å². The molecule has 0 unspecified atom stereocenters. The van der Waals surface area contributed by atoms with Gasteiger partial charge in [0, 0.05) is 17.2 Å². The van der Waals surface area contributed by atoms with Crippen molar-refractivity contribution < 1.29 is 4.79 Å². The molecule has 0 fully saturated rings. The van der Waals surface area contributed by atoms with Gasteiger partial charge >= 0.3 is 0 Å². The molecule has 2 rings (SSSR count). The molecule has 96 valence electrons. The lowest BCUT2D eigenvalue weighted by molar-refractivity contribution is 0.103. The summed E-state index contributed by atoms with van der Waals surface area (Å²) >= 11 is 1.31. The molecule has 0 saturated carbocycles. The van der Waals surface area contributed by atoms with Crippen molar-refractivity contribution in [1.82, 2.24) is 10.2 Å². The minimum Gasteiger partial charge on any atom is -0.397 e. The van der Waals surface area contributed by atoms with Gasteiger partial charge in [0.05, 0.1) is 5.69 Å². The number of nitrogens with two attached hydrogens (primary N) is 1. The van der Waals surface area contributed by atoms with Crippen LogP contribution in [0.15, 0.2) is 17.5 Å². The molecule has 0 atom stereocenters. The minimum absolute atomic E-state index is 0.0298. The Kier molecular flexibility index (Phi) is 3.13. The van der Waals surface area contributed by atoms with E-state index >= 15 is 0 Å². The lowest BCUT2D eigenvalue weighted by atomic mass is 9.92. The summed E-state index contributed by atoms with van der Waals surface area (Å²) in [5, 5.41) is 11.5. The third-order valence-electron chi connectivity index (χ3n) is 2.53. The van der Waals surface area contributed by atoms with Crippen molar-refractivity contribution in [3.63, 3.8) is 0 Å². The number of aromatic nitrogens is 2. The van der Waals surface area contributed by atoms with Crippen LogP contribution in [0, 0.1) is 0 Å². The van der Waals surface area contributed by atoms with Gasteiger partial charge in [-0.2, -0.15) is 5.10 Å². The molecule has 2 aromatic heterocycles. The first kappa shape index (κ1) is 12.6. The molecule has 4 N–H and O–H groups in total. The standard InChI is InChI=1S/C12H16N4OS/c1-12(2,3)8-6-9(16-15-8)14-11(17)10-7(13)4-5-18-10/h4-6H,13H2,1-3H3,(H2,14,15,16,17). The number of aromatic amines is 1. The van der Waals surface area contributed by atoms with Crippen LogP contribution >= 0.6 is 11.3 Å². The number of nitrogens with zero attached hydrogens (tertiary/aromatic N) is 1. The Morgan fingerprint density at radius 2 is 2.22 bits per heavy atom. The van der Waals surface area contributed by atoms with Crippen molar-refractivity contribution in [1.29, 1.82) is 0 Å². The molecule has 0 bridgehead atoms. The number of H-pyrrole nitrogens is 1. The highest BCUT2D eigenvalue weighted by molar-refractivity contribution is 7.12. The highest BCUT2D eigenvalue weighted by atomic mass is 32.1. The van der Waals surface area contributed by atoms with E-state index in [9.17, 15) is 4.79 Å². The van der Waals surface area contributed by atoms with Gasteiger partial charge < -0.3 is 11.1 Å². The van der Waals surface area contributed by atoms with Crippen LogP contribution in [0.2, 0.25) is 0 Å². The van der Waals surface area contributed by atoms with Gasteiger partial charge in [-0.1, -0.05) is 20.8 Å². The van der Waals surface area contributed by atoms with Gasteiger partial charge in [-0.15, -0.1) is 11.3 Å². The van der Waals surface area contributed by atoms with Crippen LogP contribution < -0.4 is 11.1 Å². The fraction of sp³-hybridized carbons (Fsp3) is 0.333. The molecule has 0 aliphatic rings. The Labute approximate surface area is 109 Å². The molecule has 0 aromatic carbocycles. The summed E-state index contributed by atoms with van der Waals surface area (Å²) in [4.78, 5) is 12.4. The second-order valence-corrected chi connectivity index (χ2v) is 5.99. The lowest BCUT2D eigenvalue weighted by Gasteiger charge is -2.14. The molecular weight excluding hydrogens is 248 g/mol. The summed E-state index contributed by atoms with van der Waals surface area (Å²) in [7, 11) is 0.